The van der Waals surface area contributed by atoms with E-state index in [1.54, 1.807) is 0 Å². The molecule has 1 saturated heterocycles. The van der Waals surface area contributed by atoms with E-state index in [4.69, 9.17) is 0 Å². The fourth-order valence-electron chi connectivity index (χ4n) is 2.20. The van der Waals surface area contributed by atoms with Crippen molar-refractivity contribution in [3.8, 4) is 11.1 Å². The minimum atomic E-state index is 1.04. The predicted molar refractivity (Wildman–Crippen MR) is 70.6 cm³/mol. The first-order valence-electron chi connectivity index (χ1n) is 6.20. The fourth-order valence-corrected chi connectivity index (χ4v) is 2.20. The van der Waals surface area contributed by atoms with E-state index in [2.05, 4.69) is 53.4 Å². The molecule has 0 amide bonds. The van der Waals surface area contributed by atoms with Crippen LogP contribution in [0.15, 0.2) is 48.5 Å². The van der Waals surface area contributed by atoms with Crippen LogP contribution in [0.3, 0.4) is 0 Å². The van der Waals surface area contributed by atoms with E-state index in [1.165, 1.54) is 36.2 Å². The van der Waals surface area contributed by atoms with Gasteiger partial charge in [-0.1, -0.05) is 42.5 Å². The summed E-state index contributed by atoms with van der Waals surface area (Å²) in [6, 6.07) is 20.3. The molecule has 1 fully saturated rings. The van der Waals surface area contributed by atoms with E-state index in [1.807, 2.05) is 6.07 Å². The largest absolute Gasteiger partial charge is 0.299 e. The Morgan fingerprint density at radius 1 is 1.00 bits per heavy atom. The maximum Gasteiger partial charge on any atom is 0.0240 e. The second kappa shape index (κ2) is 4.72. The molecule has 1 nitrogen and oxygen atoms in total. The normalized spacial score (nSPS) is 15.5. The van der Waals surface area contributed by atoms with Crippen LogP contribution in [0.4, 0.5) is 0 Å². The van der Waals surface area contributed by atoms with Crippen LogP contribution in [-0.2, 0) is 6.54 Å². The zero-order valence-electron chi connectivity index (χ0n) is 9.89. The zero-order valence-corrected chi connectivity index (χ0v) is 9.89. The molecule has 0 bridgehead atoms. The van der Waals surface area contributed by atoms with Crippen molar-refractivity contribution in [2.45, 2.75) is 13.0 Å². The summed E-state index contributed by atoms with van der Waals surface area (Å²) in [5.41, 5.74) is 3.87. The van der Waals surface area contributed by atoms with Gasteiger partial charge in [-0.2, -0.15) is 0 Å². The number of nitrogens with zero attached hydrogens (tertiary/aromatic N) is 1. The third kappa shape index (κ3) is 2.40. The lowest BCUT2D eigenvalue weighted by Gasteiger charge is -2.30. The molecular formula is C16H16N. The van der Waals surface area contributed by atoms with Gasteiger partial charge in [0.15, 0.2) is 0 Å². The van der Waals surface area contributed by atoms with Crippen LogP contribution >= 0.6 is 0 Å². The van der Waals surface area contributed by atoms with Gasteiger partial charge in [-0.15, -0.1) is 0 Å². The van der Waals surface area contributed by atoms with Gasteiger partial charge in [-0.05, 0) is 48.3 Å². The van der Waals surface area contributed by atoms with Gasteiger partial charge in [0.25, 0.3) is 0 Å². The average molecular weight is 222 g/mol. The molecular weight excluding hydrogens is 206 g/mol. The van der Waals surface area contributed by atoms with Crippen molar-refractivity contribution in [3.05, 3.63) is 60.2 Å². The van der Waals surface area contributed by atoms with Gasteiger partial charge in [0, 0.05) is 6.54 Å². The standard InChI is InChI=1S/C16H16N/c1-2-7-15(8-3-1)16-9-4-6-14(12-16)13-17-10-5-11-17/h1-4,7-9,12H,5,10-11,13H2. The number of hydrogen-bond donors (Lipinski definition) is 0. The van der Waals surface area contributed by atoms with Gasteiger partial charge in [0.05, 0.1) is 0 Å². The number of hydrogen-bond acceptors (Lipinski definition) is 1. The first kappa shape index (κ1) is 10.5. The smallest absolute Gasteiger partial charge is 0.0240 e. The first-order chi connectivity index (χ1) is 8.42. The summed E-state index contributed by atoms with van der Waals surface area (Å²) in [5, 5.41) is 0. The lowest BCUT2D eigenvalue weighted by molar-refractivity contribution is 0.172. The summed E-state index contributed by atoms with van der Waals surface area (Å²) in [6.07, 6.45) is 1.35. The maximum atomic E-state index is 3.34. The molecule has 1 radical (unpaired) electrons. The molecule has 2 aromatic rings. The van der Waals surface area contributed by atoms with Crippen molar-refractivity contribution in [1.82, 2.24) is 4.90 Å². The van der Waals surface area contributed by atoms with Gasteiger partial charge in [0.1, 0.15) is 0 Å². The highest BCUT2D eigenvalue weighted by molar-refractivity contribution is 5.63. The van der Waals surface area contributed by atoms with Crippen molar-refractivity contribution in [3.63, 3.8) is 0 Å². The Balaban J connectivity index is 1.83. The van der Waals surface area contributed by atoms with Crippen molar-refractivity contribution in [2.75, 3.05) is 13.1 Å². The Morgan fingerprint density at radius 3 is 2.53 bits per heavy atom. The molecule has 2 aromatic carbocycles. The molecule has 0 spiro atoms. The third-order valence-electron chi connectivity index (χ3n) is 3.31. The Morgan fingerprint density at radius 2 is 1.82 bits per heavy atom. The molecule has 1 aliphatic rings. The average Bonchev–Trinajstić information content (AvgIpc) is 2.35. The van der Waals surface area contributed by atoms with Crippen molar-refractivity contribution >= 4 is 0 Å². The van der Waals surface area contributed by atoms with Crippen LogP contribution in [0.25, 0.3) is 11.1 Å². The summed E-state index contributed by atoms with van der Waals surface area (Å²) in [5.74, 6) is 0. The van der Waals surface area contributed by atoms with Crippen molar-refractivity contribution in [1.29, 1.82) is 0 Å². The van der Waals surface area contributed by atoms with Crippen molar-refractivity contribution < 1.29 is 0 Å². The Labute approximate surface area is 103 Å². The second-order valence-electron chi connectivity index (χ2n) is 4.60. The first-order valence-corrected chi connectivity index (χ1v) is 6.20. The van der Waals surface area contributed by atoms with Crippen LogP contribution < -0.4 is 0 Å². The van der Waals surface area contributed by atoms with Crippen LogP contribution in [0.5, 0.6) is 0 Å². The molecule has 0 saturated carbocycles. The third-order valence-corrected chi connectivity index (χ3v) is 3.31. The fraction of sp³-hybridized carbons (Fsp3) is 0.250. The molecule has 1 heterocycles. The van der Waals surface area contributed by atoms with E-state index >= 15 is 0 Å². The Bertz CT molecular complexity index is 486. The zero-order chi connectivity index (χ0) is 11.5. The molecule has 0 atom stereocenters. The predicted octanol–water partition coefficient (Wildman–Crippen LogP) is 3.36. The minimum Gasteiger partial charge on any atom is -0.299 e. The number of likely N-dealkylation sites (tertiary alicyclic amines) is 1. The molecule has 0 aromatic heterocycles. The van der Waals surface area contributed by atoms with E-state index in [0.29, 0.717) is 0 Å². The lowest BCUT2D eigenvalue weighted by Crippen LogP contribution is -2.36. The molecule has 1 aliphatic heterocycles. The SMILES string of the molecule is [c]1ccc(-c2ccccc2)cc1CN1CCC1. The second-order valence-corrected chi connectivity index (χ2v) is 4.60. The van der Waals surface area contributed by atoms with Gasteiger partial charge in [-0.3, -0.25) is 4.90 Å². The number of benzene rings is 2. The molecule has 0 unspecified atom stereocenters. The highest BCUT2D eigenvalue weighted by Crippen LogP contribution is 2.21. The summed E-state index contributed by atoms with van der Waals surface area (Å²) in [4.78, 5) is 2.46. The molecule has 1 heteroatoms. The van der Waals surface area contributed by atoms with Gasteiger partial charge in [0.2, 0.25) is 0 Å². The van der Waals surface area contributed by atoms with E-state index < -0.39 is 0 Å². The molecule has 17 heavy (non-hydrogen) atoms. The summed E-state index contributed by atoms with van der Waals surface area (Å²) in [7, 11) is 0. The Kier molecular flexibility index (Phi) is 2.93. The quantitative estimate of drug-likeness (QED) is 0.769. The van der Waals surface area contributed by atoms with Gasteiger partial charge in [-0.25, -0.2) is 0 Å². The Hall–Kier alpha value is -1.60. The summed E-state index contributed by atoms with van der Waals surface area (Å²) < 4.78 is 0. The van der Waals surface area contributed by atoms with E-state index in [9.17, 15) is 0 Å². The topological polar surface area (TPSA) is 3.24 Å². The van der Waals surface area contributed by atoms with E-state index in [-0.39, 0.29) is 0 Å². The van der Waals surface area contributed by atoms with Crippen LogP contribution in [-0.4, -0.2) is 18.0 Å². The monoisotopic (exact) mass is 222 g/mol. The molecule has 0 aliphatic carbocycles. The van der Waals surface area contributed by atoms with Crippen molar-refractivity contribution in [2.24, 2.45) is 0 Å². The molecule has 0 N–H and O–H groups in total. The number of rotatable bonds is 3. The van der Waals surface area contributed by atoms with Gasteiger partial charge >= 0.3 is 0 Å². The van der Waals surface area contributed by atoms with Crippen LogP contribution in [0.2, 0.25) is 0 Å². The summed E-state index contributed by atoms with van der Waals surface area (Å²) in [6.45, 7) is 3.52. The molecule has 85 valence electrons. The highest BCUT2D eigenvalue weighted by Gasteiger charge is 2.13. The highest BCUT2D eigenvalue weighted by atomic mass is 15.2. The molecule has 3 rings (SSSR count). The van der Waals surface area contributed by atoms with Gasteiger partial charge < -0.3 is 0 Å². The van der Waals surface area contributed by atoms with Crippen LogP contribution in [0, 0.1) is 6.07 Å². The van der Waals surface area contributed by atoms with E-state index in [0.717, 1.165) is 6.54 Å². The lowest BCUT2D eigenvalue weighted by atomic mass is 10.0. The van der Waals surface area contributed by atoms with Crippen LogP contribution in [0.1, 0.15) is 12.0 Å². The summed E-state index contributed by atoms with van der Waals surface area (Å²) >= 11 is 0. The minimum absolute atomic E-state index is 1.04. The maximum absolute atomic E-state index is 3.34.